The van der Waals surface area contributed by atoms with Gasteiger partial charge >= 0.3 is 0 Å². The Morgan fingerprint density at radius 3 is 2.12 bits per heavy atom. The van der Waals surface area contributed by atoms with E-state index in [0.29, 0.717) is 10.8 Å². The minimum Gasteiger partial charge on any atom is -0.103 e. The van der Waals surface area contributed by atoms with E-state index < -0.39 is 0 Å². The first-order chi connectivity index (χ1) is 7.77. The maximum Gasteiger partial charge on any atom is -0.0280 e. The van der Waals surface area contributed by atoms with E-state index in [9.17, 15) is 0 Å². The van der Waals surface area contributed by atoms with Gasteiger partial charge in [-0.25, -0.2) is 0 Å². The molecule has 0 N–H and O–H groups in total. The van der Waals surface area contributed by atoms with Crippen LogP contribution in [-0.2, 0) is 0 Å². The first-order valence-corrected chi connectivity index (χ1v) is 7.37. The molecule has 0 aliphatic heterocycles. The molecule has 4 unspecified atom stereocenters. The Morgan fingerprint density at radius 1 is 1.12 bits per heavy atom. The molecule has 0 heterocycles. The number of hydrogen-bond acceptors (Lipinski definition) is 0. The zero-order chi connectivity index (χ0) is 13.3. The quantitative estimate of drug-likeness (QED) is 0.520. The molecule has 1 rings (SSSR count). The van der Waals surface area contributed by atoms with Gasteiger partial charge in [-0.3, -0.25) is 0 Å². The summed E-state index contributed by atoms with van der Waals surface area (Å²) in [6, 6.07) is 0. The Hall–Kier alpha value is -0.260. The lowest BCUT2D eigenvalue weighted by atomic mass is 9.63. The van der Waals surface area contributed by atoms with Crippen LogP contribution in [0.5, 0.6) is 0 Å². The Bertz CT molecular complexity index is 258. The van der Waals surface area contributed by atoms with E-state index in [-0.39, 0.29) is 0 Å². The lowest BCUT2D eigenvalue weighted by Crippen LogP contribution is -2.32. The van der Waals surface area contributed by atoms with Gasteiger partial charge in [0, 0.05) is 0 Å². The maximum absolute atomic E-state index is 3.87. The van der Waals surface area contributed by atoms with Crippen molar-refractivity contribution >= 4 is 0 Å². The Balaban J connectivity index is 2.48. The van der Waals surface area contributed by atoms with Gasteiger partial charge in [0.1, 0.15) is 0 Å². The first kappa shape index (κ1) is 14.8. The minimum absolute atomic E-state index is 0.424. The fraction of sp³-hybridized carbons (Fsp3) is 0.882. The summed E-state index contributed by atoms with van der Waals surface area (Å²) < 4.78 is 0. The van der Waals surface area contributed by atoms with Crippen molar-refractivity contribution in [2.75, 3.05) is 0 Å². The summed E-state index contributed by atoms with van der Waals surface area (Å²) in [5.74, 6) is 2.85. The van der Waals surface area contributed by atoms with Crippen LogP contribution in [0.3, 0.4) is 0 Å². The zero-order valence-corrected chi connectivity index (χ0v) is 12.8. The smallest absolute Gasteiger partial charge is 0.0280 e. The van der Waals surface area contributed by atoms with Crippen molar-refractivity contribution in [2.24, 2.45) is 28.6 Å². The number of allylic oxidation sites excluding steroid dienone is 1. The summed E-state index contributed by atoms with van der Waals surface area (Å²) in [7, 11) is 0. The van der Waals surface area contributed by atoms with Crippen LogP contribution in [0.25, 0.3) is 0 Å². The normalized spacial score (nSPS) is 32.0. The van der Waals surface area contributed by atoms with Gasteiger partial charge in [-0.2, -0.15) is 0 Å². The number of rotatable bonds is 6. The molecule has 0 aromatic carbocycles. The second-order valence-electron chi connectivity index (χ2n) is 7.41. The molecule has 0 spiro atoms. The molecule has 0 nitrogen and oxygen atoms in total. The van der Waals surface area contributed by atoms with Crippen LogP contribution >= 0.6 is 0 Å². The third-order valence-electron chi connectivity index (χ3n) is 5.82. The molecule has 0 radical (unpaired) electrons. The van der Waals surface area contributed by atoms with E-state index in [2.05, 4.69) is 54.2 Å². The summed E-state index contributed by atoms with van der Waals surface area (Å²) in [5.41, 5.74) is 0.919. The monoisotopic (exact) mass is 236 g/mol. The van der Waals surface area contributed by atoms with E-state index >= 15 is 0 Å². The Kier molecular flexibility index (Phi) is 4.49. The van der Waals surface area contributed by atoms with Gasteiger partial charge in [-0.1, -0.05) is 54.0 Å². The predicted molar refractivity (Wildman–Crippen MR) is 78.0 cm³/mol. The van der Waals surface area contributed by atoms with Gasteiger partial charge in [-0.15, -0.1) is 6.58 Å². The van der Waals surface area contributed by atoms with Crippen LogP contribution in [0, 0.1) is 28.6 Å². The highest BCUT2D eigenvalue weighted by Gasteiger charge is 2.46. The standard InChI is InChI=1S/C17H32/c1-8-10-14-13(3)15(14)11-12-17(7,9-2)16(4,5)6/h8,13-15H,1,9-12H2,2-7H3. The van der Waals surface area contributed by atoms with Crippen LogP contribution in [0.2, 0.25) is 0 Å². The van der Waals surface area contributed by atoms with Gasteiger partial charge in [-0.05, 0) is 47.8 Å². The van der Waals surface area contributed by atoms with Crippen molar-refractivity contribution < 1.29 is 0 Å². The molecule has 0 bridgehead atoms. The van der Waals surface area contributed by atoms with E-state index in [4.69, 9.17) is 0 Å². The van der Waals surface area contributed by atoms with Gasteiger partial charge in [0.15, 0.2) is 0 Å². The molecule has 0 heteroatoms. The van der Waals surface area contributed by atoms with Gasteiger partial charge < -0.3 is 0 Å². The second kappa shape index (κ2) is 5.16. The Morgan fingerprint density at radius 2 is 1.71 bits per heavy atom. The van der Waals surface area contributed by atoms with Crippen molar-refractivity contribution in [3.05, 3.63) is 12.7 Å². The fourth-order valence-corrected chi connectivity index (χ4v) is 3.26. The van der Waals surface area contributed by atoms with Crippen LogP contribution in [0.4, 0.5) is 0 Å². The molecular weight excluding hydrogens is 204 g/mol. The fourth-order valence-electron chi connectivity index (χ4n) is 3.26. The maximum atomic E-state index is 3.87. The highest BCUT2D eigenvalue weighted by molar-refractivity contribution is 4.98. The average Bonchev–Trinajstić information content (AvgIpc) is 2.84. The van der Waals surface area contributed by atoms with Gasteiger partial charge in [0.2, 0.25) is 0 Å². The molecule has 1 fully saturated rings. The lowest BCUT2D eigenvalue weighted by molar-refractivity contribution is 0.0854. The van der Waals surface area contributed by atoms with Crippen LogP contribution in [0.1, 0.15) is 67.2 Å². The summed E-state index contributed by atoms with van der Waals surface area (Å²) in [4.78, 5) is 0. The average molecular weight is 236 g/mol. The predicted octanol–water partition coefficient (Wildman–Crippen LogP) is 5.69. The number of hydrogen-bond donors (Lipinski definition) is 0. The van der Waals surface area contributed by atoms with Crippen molar-refractivity contribution in [1.29, 1.82) is 0 Å². The topological polar surface area (TPSA) is 0 Å². The molecule has 1 saturated carbocycles. The summed E-state index contributed by atoms with van der Waals surface area (Å²) in [6.45, 7) is 18.3. The molecule has 1 aliphatic rings. The SMILES string of the molecule is C=CCC1C(C)C1CCC(C)(CC)C(C)(C)C. The Labute approximate surface area is 109 Å². The second-order valence-corrected chi connectivity index (χ2v) is 7.41. The highest BCUT2D eigenvalue weighted by atomic mass is 14.5. The van der Waals surface area contributed by atoms with E-state index in [1.54, 1.807) is 0 Å². The molecule has 0 saturated heterocycles. The van der Waals surface area contributed by atoms with Gasteiger partial charge in [0.05, 0.1) is 0 Å². The largest absolute Gasteiger partial charge is 0.103 e. The highest BCUT2D eigenvalue weighted by Crippen LogP contribution is 2.54. The van der Waals surface area contributed by atoms with Crippen molar-refractivity contribution in [3.63, 3.8) is 0 Å². The van der Waals surface area contributed by atoms with E-state index in [1.165, 1.54) is 25.7 Å². The van der Waals surface area contributed by atoms with Crippen molar-refractivity contribution in [1.82, 2.24) is 0 Å². The van der Waals surface area contributed by atoms with Crippen LogP contribution in [-0.4, -0.2) is 0 Å². The molecule has 0 aromatic heterocycles. The van der Waals surface area contributed by atoms with Crippen molar-refractivity contribution in [2.45, 2.75) is 67.2 Å². The van der Waals surface area contributed by atoms with Crippen LogP contribution in [0.15, 0.2) is 12.7 Å². The minimum atomic E-state index is 0.424. The summed E-state index contributed by atoms with van der Waals surface area (Å²) in [6.07, 6.45) is 7.43. The summed E-state index contributed by atoms with van der Waals surface area (Å²) in [5, 5.41) is 0. The van der Waals surface area contributed by atoms with Crippen molar-refractivity contribution in [3.8, 4) is 0 Å². The molecule has 1 aliphatic carbocycles. The molecule has 0 amide bonds. The van der Waals surface area contributed by atoms with Gasteiger partial charge in [0.25, 0.3) is 0 Å². The molecule has 17 heavy (non-hydrogen) atoms. The summed E-state index contributed by atoms with van der Waals surface area (Å²) >= 11 is 0. The van der Waals surface area contributed by atoms with Crippen LogP contribution < -0.4 is 0 Å². The van der Waals surface area contributed by atoms with E-state index in [0.717, 1.165) is 17.8 Å². The zero-order valence-electron chi connectivity index (χ0n) is 12.8. The van der Waals surface area contributed by atoms with E-state index in [1.807, 2.05) is 0 Å². The molecular formula is C17H32. The molecule has 4 atom stereocenters. The first-order valence-electron chi connectivity index (χ1n) is 7.37. The molecule has 100 valence electrons. The lowest BCUT2D eigenvalue weighted by Gasteiger charge is -2.42. The molecule has 0 aromatic rings. The third kappa shape index (κ3) is 3.14. The third-order valence-corrected chi connectivity index (χ3v) is 5.82.